The first kappa shape index (κ1) is 9.63. The van der Waals surface area contributed by atoms with Crippen molar-refractivity contribution in [2.75, 3.05) is 5.73 Å². The van der Waals surface area contributed by atoms with Crippen LogP contribution in [-0.2, 0) is 0 Å². The van der Waals surface area contributed by atoms with Crippen molar-refractivity contribution in [3.05, 3.63) is 23.8 Å². The number of halogens is 4. The Hall–Kier alpha value is -1.46. The summed E-state index contributed by atoms with van der Waals surface area (Å²) in [6.07, 6.45) is 0. The zero-order chi connectivity index (χ0) is 10.0. The molecule has 0 saturated heterocycles. The van der Waals surface area contributed by atoms with Gasteiger partial charge in [-0.1, -0.05) is 0 Å². The number of nitrogen functional groups attached to an aromatic ring is 1. The van der Waals surface area contributed by atoms with Crippen LogP contribution in [0.2, 0.25) is 0 Å². The van der Waals surface area contributed by atoms with E-state index in [1.807, 2.05) is 0 Å². The standard InChI is InChI=1S/C7H5F4NO/c8-3-2-6(13-7(10)11)4(9)1-5(3)12/h1-2,7H,12H2. The molecule has 0 bridgehead atoms. The molecular weight excluding hydrogens is 190 g/mol. The summed E-state index contributed by atoms with van der Waals surface area (Å²) in [5.74, 6) is -2.99. The molecule has 0 aromatic heterocycles. The van der Waals surface area contributed by atoms with E-state index in [9.17, 15) is 17.6 Å². The molecule has 0 aliphatic carbocycles. The molecule has 0 saturated carbocycles. The third-order valence-electron chi connectivity index (χ3n) is 1.27. The van der Waals surface area contributed by atoms with Gasteiger partial charge in [-0.15, -0.1) is 0 Å². The minimum atomic E-state index is -3.20. The molecule has 0 aliphatic heterocycles. The van der Waals surface area contributed by atoms with Gasteiger partial charge in [-0.05, 0) is 0 Å². The summed E-state index contributed by atoms with van der Waals surface area (Å²) in [7, 11) is 0. The van der Waals surface area contributed by atoms with E-state index in [4.69, 9.17) is 5.73 Å². The van der Waals surface area contributed by atoms with Crippen LogP contribution in [-0.4, -0.2) is 6.61 Å². The van der Waals surface area contributed by atoms with Crippen LogP contribution in [0.25, 0.3) is 0 Å². The molecule has 0 heterocycles. The number of ether oxygens (including phenoxy) is 1. The van der Waals surface area contributed by atoms with Crippen LogP contribution in [0.5, 0.6) is 5.75 Å². The van der Waals surface area contributed by atoms with E-state index in [1.54, 1.807) is 0 Å². The average molecular weight is 195 g/mol. The molecule has 2 N–H and O–H groups in total. The molecule has 72 valence electrons. The molecule has 0 unspecified atom stereocenters. The molecule has 0 amide bonds. The lowest BCUT2D eigenvalue weighted by Gasteiger charge is -2.06. The maximum Gasteiger partial charge on any atom is 0.387 e. The third kappa shape index (κ3) is 2.24. The van der Waals surface area contributed by atoms with Gasteiger partial charge in [-0.2, -0.15) is 8.78 Å². The minimum absolute atomic E-state index is 0.459. The predicted molar refractivity (Wildman–Crippen MR) is 37.4 cm³/mol. The van der Waals surface area contributed by atoms with Crippen molar-refractivity contribution in [2.24, 2.45) is 0 Å². The number of alkyl halides is 2. The van der Waals surface area contributed by atoms with Crippen LogP contribution in [0.15, 0.2) is 12.1 Å². The lowest BCUT2D eigenvalue weighted by atomic mass is 10.3. The first-order valence-corrected chi connectivity index (χ1v) is 3.20. The first-order valence-electron chi connectivity index (χ1n) is 3.20. The quantitative estimate of drug-likeness (QED) is 0.579. The second kappa shape index (κ2) is 3.51. The van der Waals surface area contributed by atoms with Crippen LogP contribution >= 0.6 is 0 Å². The Morgan fingerprint density at radius 2 is 1.77 bits per heavy atom. The molecule has 0 radical (unpaired) electrons. The monoisotopic (exact) mass is 195 g/mol. The van der Waals surface area contributed by atoms with Gasteiger partial charge in [0, 0.05) is 12.1 Å². The van der Waals surface area contributed by atoms with E-state index in [-0.39, 0.29) is 0 Å². The summed E-state index contributed by atoms with van der Waals surface area (Å²) in [6, 6.07) is 1.05. The van der Waals surface area contributed by atoms with Gasteiger partial charge in [0.05, 0.1) is 5.69 Å². The van der Waals surface area contributed by atoms with E-state index < -0.39 is 29.7 Å². The van der Waals surface area contributed by atoms with Crippen molar-refractivity contribution in [3.8, 4) is 5.75 Å². The molecule has 0 atom stereocenters. The largest absolute Gasteiger partial charge is 0.432 e. The molecule has 2 nitrogen and oxygen atoms in total. The number of benzene rings is 1. The molecule has 0 spiro atoms. The van der Waals surface area contributed by atoms with Crippen LogP contribution in [0.3, 0.4) is 0 Å². The fraction of sp³-hybridized carbons (Fsp3) is 0.143. The molecule has 1 aromatic carbocycles. The Morgan fingerprint density at radius 3 is 2.31 bits per heavy atom. The second-order valence-electron chi connectivity index (χ2n) is 2.18. The van der Waals surface area contributed by atoms with Crippen molar-refractivity contribution in [1.29, 1.82) is 0 Å². The second-order valence-corrected chi connectivity index (χ2v) is 2.18. The van der Waals surface area contributed by atoms with Crippen molar-refractivity contribution < 1.29 is 22.3 Å². The van der Waals surface area contributed by atoms with Crippen molar-refractivity contribution in [3.63, 3.8) is 0 Å². The highest BCUT2D eigenvalue weighted by Crippen LogP contribution is 2.24. The fourth-order valence-corrected chi connectivity index (χ4v) is 0.730. The summed E-state index contributed by atoms with van der Waals surface area (Å²) in [6.45, 7) is -3.20. The van der Waals surface area contributed by atoms with Crippen LogP contribution < -0.4 is 10.5 Å². The van der Waals surface area contributed by atoms with E-state index in [2.05, 4.69) is 4.74 Å². The Labute approximate surface area is 70.9 Å². The highest BCUT2D eigenvalue weighted by Gasteiger charge is 2.12. The molecule has 0 aliphatic rings. The molecular formula is C7H5F4NO. The highest BCUT2D eigenvalue weighted by atomic mass is 19.3. The summed E-state index contributed by atoms with van der Waals surface area (Å²) < 4.78 is 52.1. The maximum atomic E-state index is 12.7. The van der Waals surface area contributed by atoms with E-state index >= 15 is 0 Å². The number of rotatable bonds is 2. The zero-order valence-electron chi connectivity index (χ0n) is 6.23. The van der Waals surface area contributed by atoms with Gasteiger partial charge in [-0.3, -0.25) is 0 Å². The number of hydrogen-bond donors (Lipinski definition) is 1. The van der Waals surface area contributed by atoms with Gasteiger partial charge in [0.2, 0.25) is 0 Å². The van der Waals surface area contributed by atoms with E-state index in [1.165, 1.54) is 0 Å². The van der Waals surface area contributed by atoms with Gasteiger partial charge in [0.1, 0.15) is 5.82 Å². The van der Waals surface area contributed by atoms with Gasteiger partial charge >= 0.3 is 6.61 Å². The normalized spacial score (nSPS) is 10.5. The molecule has 0 fully saturated rings. The smallest absolute Gasteiger partial charge is 0.387 e. The predicted octanol–water partition coefficient (Wildman–Crippen LogP) is 2.15. The Kier molecular flexibility index (Phi) is 2.60. The summed E-state index contributed by atoms with van der Waals surface area (Å²) >= 11 is 0. The summed E-state index contributed by atoms with van der Waals surface area (Å²) in [5.41, 5.74) is 4.50. The lowest BCUT2D eigenvalue weighted by molar-refractivity contribution is -0.0523. The molecule has 6 heteroatoms. The first-order chi connectivity index (χ1) is 6.00. The topological polar surface area (TPSA) is 35.2 Å². The third-order valence-corrected chi connectivity index (χ3v) is 1.27. The van der Waals surface area contributed by atoms with Gasteiger partial charge in [0.25, 0.3) is 0 Å². The van der Waals surface area contributed by atoms with Gasteiger partial charge < -0.3 is 10.5 Å². The van der Waals surface area contributed by atoms with Crippen LogP contribution in [0.4, 0.5) is 23.2 Å². The van der Waals surface area contributed by atoms with Crippen LogP contribution in [0.1, 0.15) is 0 Å². The maximum absolute atomic E-state index is 12.7. The van der Waals surface area contributed by atoms with Crippen LogP contribution in [0, 0.1) is 11.6 Å². The van der Waals surface area contributed by atoms with Crippen molar-refractivity contribution in [2.45, 2.75) is 6.61 Å². The summed E-state index contributed by atoms with van der Waals surface area (Å²) in [4.78, 5) is 0. The van der Waals surface area contributed by atoms with Crippen molar-refractivity contribution >= 4 is 5.69 Å². The van der Waals surface area contributed by atoms with Gasteiger partial charge in [-0.25, -0.2) is 8.78 Å². The fourth-order valence-electron chi connectivity index (χ4n) is 0.730. The van der Waals surface area contributed by atoms with E-state index in [0.717, 1.165) is 0 Å². The Morgan fingerprint density at radius 1 is 1.15 bits per heavy atom. The number of hydrogen-bond acceptors (Lipinski definition) is 2. The average Bonchev–Trinajstić information content (AvgIpc) is 1.99. The lowest BCUT2D eigenvalue weighted by Crippen LogP contribution is -2.05. The molecule has 1 aromatic rings. The Balaban J connectivity index is 3.01. The summed E-state index contributed by atoms with van der Waals surface area (Å²) in [5, 5.41) is 0. The van der Waals surface area contributed by atoms with Gasteiger partial charge in [0.15, 0.2) is 11.6 Å². The number of nitrogens with two attached hydrogens (primary N) is 1. The minimum Gasteiger partial charge on any atom is -0.432 e. The molecule has 1 rings (SSSR count). The highest BCUT2D eigenvalue weighted by molar-refractivity contribution is 5.44. The zero-order valence-corrected chi connectivity index (χ0v) is 6.23. The van der Waals surface area contributed by atoms with E-state index in [0.29, 0.717) is 12.1 Å². The SMILES string of the molecule is Nc1cc(F)c(OC(F)F)cc1F. The molecule has 13 heavy (non-hydrogen) atoms. The van der Waals surface area contributed by atoms with Crippen molar-refractivity contribution in [1.82, 2.24) is 0 Å². The number of anilines is 1. The Bertz CT molecular complexity index is 316.